The lowest BCUT2D eigenvalue weighted by atomic mass is 10.00. The molecule has 0 spiro atoms. The lowest BCUT2D eigenvalue weighted by molar-refractivity contribution is -0.130. The van der Waals surface area contributed by atoms with Gasteiger partial charge in [-0.1, -0.05) is 36.4 Å². The highest BCUT2D eigenvalue weighted by molar-refractivity contribution is 6.02. The molecule has 1 amide bonds. The fourth-order valence-electron chi connectivity index (χ4n) is 4.03. The molecule has 0 aromatic heterocycles. The van der Waals surface area contributed by atoms with Gasteiger partial charge in [-0.3, -0.25) is 9.69 Å². The Balaban J connectivity index is 1.34. The van der Waals surface area contributed by atoms with Crippen molar-refractivity contribution in [1.29, 1.82) is 0 Å². The molecule has 2 heterocycles. The highest BCUT2D eigenvalue weighted by Gasteiger charge is 2.22. The summed E-state index contributed by atoms with van der Waals surface area (Å²) in [6, 6.07) is 14.5. The van der Waals surface area contributed by atoms with E-state index in [0.29, 0.717) is 19.4 Å². The molecular weight excluding hydrogens is 381 g/mol. The number of carbonyl (C=O) groups is 1. The molecule has 0 atom stereocenters. The highest BCUT2D eigenvalue weighted by Crippen LogP contribution is 2.18. The molecule has 1 fully saturated rings. The van der Waals surface area contributed by atoms with Gasteiger partial charge in [-0.25, -0.2) is 9.40 Å². The molecule has 0 unspecified atom stereocenters. The first kappa shape index (κ1) is 20.7. The molecule has 30 heavy (non-hydrogen) atoms. The van der Waals surface area contributed by atoms with Crippen LogP contribution in [0.2, 0.25) is 0 Å². The van der Waals surface area contributed by atoms with E-state index in [1.807, 2.05) is 18.2 Å². The number of nitrogens with zero attached hydrogens (tertiary/aromatic N) is 3. The normalized spacial score (nSPS) is 17.2. The van der Waals surface area contributed by atoms with Crippen molar-refractivity contribution in [3.63, 3.8) is 0 Å². The Morgan fingerprint density at radius 1 is 1.00 bits per heavy atom. The third-order valence-corrected chi connectivity index (χ3v) is 5.75. The average Bonchev–Trinajstić information content (AvgIpc) is 3.27. The van der Waals surface area contributed by atoms with Crippen molar-refractivity contribution < 1.29 is 13.9 Å². The summed E-state index contributed by atoms with van der Waals surface area (Å²) in [7, 11) is 0. The molecule has 2 aliphatic heterocycles. The minimum Gasteiger partial charge on any atom is -0.379 e. The number of halogens is 1. The number of benzene rings is 2. The van der Waals surface area contributed by atoms with Crippen molar-refractivity contribution in [3.05, 3.63) is 71.0 Å². The van der Waals surface area contributed by atoms with Gasteiger partial charge in [-0.2, -0.15) is 5.10 Å². The maximum Gasteiger partial charge on any atom is 0.247 e. The number of carbonyl (C=O) groups excluding carboxylic acids is 1. The van der Waals surface area contributed by atoms with Crippen LogP contribution in [-0.4, -0.2) is 60.9 Å². The maximum absolute atomic E-state index is 13.1. The number of ether oxygens (including phenoxy) is 1. The van der Waals surface area contributed by atoms with Crippen LogP contribution in [-0.2, 0) is 22.4 Å². The van der Waals surface area contributed by atoms with E-state index >= 15 is 0 Å². The number of rotatable bonds is 7. The Bertz CT molecular complexity index is 892. The fraction of sp³-hybridized carbons (Fsp3) is 0.417. The van der Waals surface area contributed by atoms with Gasteiger partial charge in [0.1, 0.15) is 5.82 Å². The second-order valence-corrected chi connectivity index (χ2v) is 7.82. The van der Waals surface area contributed by atoms with E-state index in [1.165, 1.54) is 17.7 Å². The first-order valence-corrected chi connectivity index (χ1v) is 10.7. The molecule has 4 rings (SSSR count). The van der Waals surface area contributed by atoms with Crippen molar-refractivity contribution in [3.8, 4) is 0 Å². The molecule has 2 aromatic carbocycles. The van der Waals surface area contributed by atoms with Crippen molar-refractivity contribution in [2.75, 3.05) is 39.4 Å². The first-order chi connectivity index (χ1) is 14.7. The largest absolute Gasteiger partial charge is 0.379 e. The molecule has 0 radical (unpaired) electrons. The zero-order valence-corrected chi connectivity index (χ0v) is 17.2. The number of aryl methyl sites for hydroxylation is 1. The maximum atomic E-state index is 13.1. The topological polar surface area (TPSA) is 45.1 Å². The van der Waals surface area contributed by atoms with Crippen LogP contribution in [0.25, 0.3) is 0 Å². The fourth-order valence-corrected chi connectivity index (χ4v) is 4.03. The Hall–Kier alpha value is -2.57. The second-order valence-electron chi connectivity index (χ2n) is 7.82. The van der Waals surface area contributed by atoms with Crippen LogP contribution >= 0.6 is 0 Å². The van der Waals surface area contributed by atoms with Gasteiger partial charge in [0.2, 0.25) is 5.91 Å². The van der Waals surface area contributed by atoms with Crippen LogP contribution in [0.3, 0.4) is 0 Å². The smallest absolute Gasteiger partial charge is 0.247 e. The SMILES string of the molecule is O=C(Cc1ccccc1CCCN1CCOCC1)N1CCC(c2ccc(F)cc2)=N1. The molecular formula is C24H28FN3O2. The Morgan fingerprint density at radius 2 is 1.73 bits per heavy atom. The molecule has 2 aromatic rings. The average molecular weight is 410 g/mol. The van der Waals surface area contributed by atoms with Crippen LogP contribution in [0.15, 0.2) is 53.6 Å². The van der Waals surface area contributed by atoms with Gasteiger partial charge in [-0.05, 0) is 48.2 Å². The molecule has 0 aliphatic carbocycles. The van der Waals surface area contributed by atoms with E-state index in [-0.39, 0.29) is 11.7 Å². The molecule has 0 saturated carbocycles. The molecule has 6 heteroatoms. The van der Waals surface area contributed by atoms with Gasteiger partial charge in [0.25, 0.3) is 0 Å². The first-order valence-electron chi connectivity index (χ1n) is 10.7. The van der Waals surface area contributed by atoms with E-state index in [9.17, 15) is 9.18 Å². The van der Waals surface area contributed by atoms with Crippen LogP contribution in [0.5, 0.6) is 0 Å². The second kappa shape index (κ2) is 9.96. The Kier molecular flexibility index (Phi) is 6.87. The molecule has 5 nitrogen and oxygen atoms in total. The van der Waals surface area contributed by atoms with Crippen molar-refractivity contribution >= 4 is 11.6 Å². The third kappa shape index (κ3) is 5.32. The minimum absolute atomic E-state index is 0.00717. The predicted molar refractivity (Wildman–Crippen MR) is 115 cm³/mol. The summed E-state index contributed by atoms with van der Waals surface area (Å²) in [6.07, 6.45) is 3.08. The van der Waals surface area contributed by atoms with E-state index in [0.717, 1.165) is 62.5 Å². The van der Waals surface area contributed by atoms with E-state index in [1.54, 1.807) is 17.1 Å². The van der Waals surface area contributed by atoms with E-state index in [4.69, 9.17) is 4.74 Å². The van der Waals surface area contributed by atoms with Gasteiger partial charge < -0.3 is 4.74 Å². The van der Waals surface area contributed by atoms with Crippen molar-refractivity contribution in [1.82, 2.24) is 9.91 Å². The van der Waals surface area contributed by atoms with Gasteiger partial charge in [0.15, 0.2) is 0 Å². The zero-order valence-electron chi connectivity index (χ0n) is 17.2. The zero-order chi connectivity index (χ0) is 20.8. The lowest BCUT2D eigenvalue weighted by Gasteiger charge is -2.26. The summed E-state index contributed by atoms with van der Waals surface area (Å²) >= 11 is 0. The number of amides is 1. The van der Waals surface area contributed by atoms with Crippen LogP contribution < -0.4 is 0 Å². The third-order valence-electron chi connectivity index (χ3n) is 5.75. The molecule has 2 aliphatic rings. The van der Waals surface area contributed by atoms with Gasteiger partial charge >= 0.3 is 0 Å². The summed E-state index contributed by atoms with van der Waals surface area (Å²) < 4.78 is 18.5. The number of hydrazone groups is 1. The molecule has 1 saturated heterocycles. The van der Waals surface area contributed by atoms with E-state index in [2.05, 4.69) is 16.1 Å². The van der Waals surface area contributed by atoms with Crippen molar-refractivity contribution in [2.24, 2.45) is 5.10 Å². The van der Waals surface area contributed by atoms with Crippen molar-refractivity contribution in [2.45, 2.75) is 25.7 Å². The minimum atomic E-state index is -0.268. The monoisotopic (exact) mass is 409 g/mol. The standard InChI is InChI=1S/C24H28FN3O2/c25-22-9-7-20(8-10-22)23-11-13-28(26-23)24(29)18-21-5-2-1-4-19(21)6-3-12-27-14-16-30-17-15-27/h1-2,4-5,7-10H,3,6,11-18H2. The summed E-state index contributed by atoms with van der Waals surface area (Å²) in [6.45, 7) is 5.28. The molecule has 0 bridgehead atoms. The Labute approximate surface area is 177 Å². The van der Waals surface area contributed by atoms with Gasteiger partial charge in [-0.15, -0.1) is 0 Å². The highest BCUT2D eigenvalue weighted by atomic mass is 19.1. The van der Waals surface area contributed by atoms with Crippen LogP contribution in [0.4, 0.5) is 4.39 Å². The number of hydrogen-bond acceptors (Lipinski definition) is 4. The van der Waals surface area contributed by atoms with Gasteiger partial charge in [0, 0.05) is 19.5 Å². The van der Waals surface area contributed by atoms with E-state index < -0.39 is 0 Å². The van der Waals surface area contributed by atoms with Crippen LogP contribution in [0.1, 0.15) is 29.5 Å². The predicted octanol–water partition coefficient (Wildman–Crippen LogP) is 3.27. The summed E-state index contributed by atoms with van der Waals surface area (Å²) in [5, 5.41) is 6.06. The molecule has 158 valence electrons. The summed E-state index contributed by atoms with van der Waals surface area (Å²) in [5.74, 6) is -0.261. The summed E-state index contributed by atoms with van der Waals surface area (Å²) in [4.78, 5) is 15.3. The Morgan fingerprint density at radius 3 is 2.50 bits per heavy atom. The number of morpholine rings is 1. The van der Waals surface area contributed by atoms with Gasteiger partial charge in [0.05, 0.1) is 31.9 Å². The quantitative estimate of drug-likeness (QED) is 0.705. The molecule has 0 N–H and O–H groups in total. The van der Waals surface area contributed by atoms with Crippen LogP contribution in [0, 0.1) is 5.82 Å². The lowest BCUT2D eigenvalue weighted by Crippen LogP contribution is -2.37. The number of hydrogen-bond donors (Lipinski definition) is 0. The summed E-state index contributed by atoms with van der Waals surface area (Å²) in [5.41, 5.74) is 4.02.